The van der Waals surface area contributed by atoms with E-state index < -0.39 is 12.0 Å². The van der Waals surface area contributed by atoms with Crippen LogP contribution in [-0.2, 0) is 4.79 Å². The summed E-state index contributed by atoms with van der Waals surface area (Å²) in [7, 11) is 0. The van der Waals surface area contributed by atoms with Crippen LogP contribution in [0.1, 0.15) is 6.92 Å². The average Bonchev–Trinajstić information content (AvgIpc) is 2.59. The Bertz CT molecular complexity index is 462. The Kier molecular flexibility index (Phi) is 3.79. The molecule has 2 N–H and O–H groups in total. The van der Waals surface area contributed by atoms with E-state index in [1.807, 2.05) is 24.3 Å². The third kappa shape index (κ3) is 2.46. The van der Waals surface area contributed by atoms with Gasteiger partial charge in [0.25, 0.3) is 0 Å². The van der Waals surface area contributed by atoms with E-state index in [0.29, 0.717) is 5.88 Å². The number of benzene rings is 1. The average molecular weight is 242 g/mol. The first-order valence-corrected chi connectivity index (χ1v) is 4.65. The van der Waals surface area contributed by atoms with Gasteiger partial charge >= 0.3 is 5.97 Å². The van der Waals surface area contributed by atoms with Crippen LogP contribution in [0.2, 0.25) is 0 Å². The Hall–Kier alpha value is -1.68. The lowest BCUT2D eigenvalue weighted by atomic mass is 10.2. The monoisotopic (exact) mass is 241 g/mol. The second kappa shape index (κ2) is 4.90. The molecule has 0 bridgehead atoms. The van der Waals surface area contributed by atoms with Crippen LogP contribution in [-0.4, -0.2) is 17.1 Å². The number of aliphatic carboxylic acids is 1. The van der Waals surface area contributed by atoms with Crippen molar-refractivity contribution >= 4 is 35.2 Å². The number of hydrogen-bond acceptors (Lipinski definition) is 3. The van der Waals surface area contributed by atoms with Crippen LogP contribution in [0, 0.1) is 0 Å². The summed E-state index contributed by atoms with van der Waals surface area (Å²) in [5, 5.41) is 12.4. The number of halogens is 1. The summed E-state index contributed by atoms with van der Waals surface area (Å²) < 4.78 is 5.41. The molecule has 0 aliphatic rings. The molecule has 2 rings (SSSR count). The Morgan fingerprint density at radius 1 is 1.44 bits per heavy atom. The van der Waals surface area contributed by atoms with Gasteiger partial charge in [-0.1, -0.05) is 18.2 Å². The van der Waals surface area contributed by atoms with Gasteiger partial charge < -0.3 is 14.8 Å². The van der Waals surface area contributed by atoms with Crippen molar-refractivity contribution in [3.8, 4) is 0 Å². The van der Waals surface area contributed by atoms with Crippen molar-refractivity contribution in [1.82, 2.24) is 0 Å². The van der Waals surface area contributed by atoms with Crippen molar-refractivity contribution in [3.63, 3.8) is 0 Å². The molecule has 0 aliphatic heterocycles. The zero-order valence-electron chi connectivity index (χ0n) is 8.64. The minimum Gasteiger partial charge on any atom is -0.480 e. The first-order chi connectivity index (χ1) is 7.16. The molecule has 86 valence electrons. The van der Waals surface area contributed by atoms with Gasteiger partial charge in [0.1, 0.15) is 11.6 Å². The Labute approximate surface area is 98.7 Å². The first-order valence-electron chi connectivity index (χ1n) is 4.65. The molecular formula is C11H12ClNO3. The molecule has 0 radical (unpaired) electrons. The maximum atomic E-state index is 10.6. The van der Waals surface area contributed by atoms with Crippen LogP contribution in [0.15, 0.2) is 34.7 Å². The van der Waals surface area contributed by atoms with E-state index >= 15 is 0 Å². The van der Waals surface area contributed by atoms with Gasteiger partial charge in [0.2, 0.25) is 0 Å². The molecule has 0 saturated heterocycles. The van der Waals surface area contributed by atoms with Crippen LogP contribution in [0.5, 0.6) is 0 Å². The fraction of sp³-hybridized carbons (Fsp3) is 0.182. The van der Waals surface area contributed by atoms with Crippen molar-refractivity contribution < 1.29 is 14.3 Å². The molecule has 16 heavy (non-hydrogen) atoms. The third-order valence-electron chi connectivity index (χ3n) is 2.15. The lowest BCUT2D eigenvalue weighted by Gasteiger charge is -2.06. The highest BCUT2D eigenvalue weighted by Gasteiger charge is 2.12. The predicted octanol–water partition coefficient (Wildman–Crippen LogP) is 2.74. The van der Waals surface area contributed by atoms with E-state index in [2.05, 4.69) is 5.32 Å². The molecule has 0 aliphatic carbocycles. The number of para-hydroxylation sites is 1. The standard InChI is InChI=1S/C11H11NO3.ClH/c1-7(11(13)14)12-10-6-8-4-2-3-5-9(8)15-10;/h2-7,12H,1H3,(H,13,14);1H/t7-;/m0./s1. The van der Waals surface area contributed by atoms with Gasteiger partial charge in [-0.25, -0.2) is 0 Å². The number of carboxylic acids is 1. The molecule has 1 aromatic carbocycles. The Balaban J connectivity index is 0.00000128. The maximum absolute atomic E-state index is 10.6. The van der Waals surface area contributed by atoms with Crippen molar-refractivity contribution in [3.05, 3.63) is 30.3 Å². The van der Waals surface area contributed by atoms with Gasteiger partial charge in [0, 0.05) is 11.5 Å². The smallest absolute Gasteiger partial charge is 0.325 e. The van der Waals surface area contributed by atoms with E-state index in [1.165, 1.54) is 0 Å². The molecule has 1 atom stereocenters. The highest BCUT2D eigenvalue weighted by molar-refractivity contribution is 5.85. The summed E-state index contributed by atoms with van der Waals surface area (Å²) in [5.74, 6) is -0.429. The van der Waals surface area contributed by atoms with Crippen LogP contribution < -0.4 is 5.32 Å². The molecule has 2 aromatic rings. The number of rotatable bonds is 3. The molecule has 1 heterocycles. The van der Waals surface area contributed by atoms with Crippen LogP contribution >= 0.6 is 12.4 Å². The Morgan fingerprint density at radius 2 is 2.12 bits per heavy atom. The summed E-state index contributed by atoms with van der Waals surface area (Å²) >= 11 is 0. The van der Waals surface area contributed by atoms with Gasteiger partial charge in [0.15, 0.2) is 5.88 Å². The van der Waals surface area contributed by atoms with Crippen molar-refractivity contribution in [2.24, 2.45) is 0 Å². The summed E-state index contributed by atoms with van der Waals surface area (Å²) in [6.45, 7) is 1.56. The lowest BCUT2D eigenvalue weighted by molar-refractivity contribution is -0.137. The molecular weight excluding hydrogens is 230 g/mol. The number of carbonyl (C=O) groups is 1. The fourth-order valence-corrected chi connectivity index (χ4v) is 1.33. The molecule has 0 amide bonds. The second-order valence-electron chi connectivity index (χ2n) is 3.35. The minimum absolute atomic E-state index is 0. The maximum Gasteiger partial charge on any atom is 0.325 e. The summed E-state index contributed by atoms with van der Waals surface area (Å²) in [6.07, 6.45) is 0. The predicted molar refractivity (Wildman–Crippen MR) is 64.2 cm³/mol. The summed E-state index contributed by atoms with van der Waals surface area (Å²) in [4.78, 5) is 10.6. The lowest BCUT2D eigenvalue weighted by Crippen LogP contribution is -2.24. The largest absolute Gasteiger partial charge is 0.480 e. The second-order valence-corrected chi connectivity index (χ2v) is 3.35. The van der Waals surface area contributed by atoms with Crippen molar-refractivity contribution in [2.75, 3.05) is 5.32 Å². The quantitative estimate of drug-likeness (QED) is 0.867. The van der Waals surface area contributed by atoms with E-state index in [-0.39, 0.29) is 12.4 Å². The molecule has 0 spiro atoms. The zero-order chi connectivity index (χ0) is 10.8. The number of nitrogens with one attached hydrogen (secondary N) is 1. The van der Waals surface area contributed by atoms with Crippen molar-refractivity contribution in [2.45, 2.75) is 13.0 Å². The van der Waals surface area contributed by atoms with Crippen LogP contribution in [0.25, 0.3) is 11.0 Å². The topological polar surface area (TPSA) is 62.5 Å². The SMILES string of the molecule is C[C@H](Nc1cc2ccccc2o1)C(=O)O.Cl. The Morgan fingerprint density at radius 3 is 2.75 bits per heavy atom. The summed E-state index contributed by atoms with van der Waals surface area (Å²) in [6, 6.07) is 8.65. The summed E-state index contributed by atoms with van der Waals surface area (Å²) in [5.41, 5.74) is 0.748. The minimum atomic E-state index is -0.907. The van der Waals surface area contributed by atoms with Gasteiger partial charge in [-0.15, -0.1) is 12.4 Å². The highest BCUT2D eigenvalue weighted by Crippen LogP contribution is 2.22. The van der Waals surface area contributed by atoms with E-state index in [0.717, 1.165) is 11.0 Å². The van der Waals surface area contributed by atoms with Crippen molar-refractivity contribution in [1.29, 1.82) is 0 Å². The van der Waals surface area contributed by atoms with E-state index in [9.17, 15) is 4.79 Å². The fourth-order valence-electron chi connectivity index (χ4n) is 1.33. The number of hydrogen-bond donors (Lipinski definition) is 2. The van der Waals surface area contributed by atoms with Gasteiger partial charge in [0.05, 0.1) is 0 Å². The number of furan rings is 1. The molecule has 1 aromatic heterocycles. The zero-order valence-corrected chi connectivity index (χ0v) is 9.45. The van der Waals surface area contributed by atoms with Gasteiger partial charge in [-0.2, -0.15) is 0 Å². The molecule has 0 fully saturated rings. The number of carboxylic acid groups (broad SMARTS) is 1. The van der Waals surface area contributed by atoms with E-state index in [4.69, 9.17) is 9.52 Å². The van der Waals surface area contributed by atoms with Crippen LogP contribution in [0.3, 0.4) is 0 Å². The number of anilines is 1. The molecule has 0 unspecified atom stereocenters. The van der Waals surface area contributed by atoms with Gasteiger partial charge in [-0.3, -0.25) is 4.79 Å². The van der Waals surface area contributed by atoms with E-state index in [1.54, 1.807) is 13.0 Å². The number of fused-ring (bicyclic) bond motifs is 1. The van der Waals surface area contributed by atoms with Gasteiger partial charge in [-0.05, 0) is 13.0 Å². The normalized spacial score (nSPS) is 11.8. The third-order valence-corrected chi connectivity index (χ3v) is 2.15. The first kappa shape index (κ1) is 12.4. The molecule has 0 saturated carbocycles. The van der Waals surface area contributed by atoms with Crippen LogP contribution in [0.4, 0.5) is 5.88 Å². The highest BCUT2D eigenvalue weighted by atomic mass is 35.5. The molecule has 4 nitrogen and oxygen atoms in total. The molecule has 5 heteroatoms.